The molecule has 2 aromatic carbocycles. The Balaban J connectivity index is 1.26. The van der Waals surface area contributed by atoms with Crippen LogP contribution in [-0.4, -0.2) is 30.7 Å². The minimum Gasteiger partial charge on any atom is -0.454 e. The number of piperidine rings is 1. The standard InChI is InChI=1S/C21H22Cl2N2O3/c22-17-2-1-3-18(23)16(17)12-25-8-6-15(7-9-25)21(26)24-11-14-4-5-19-20(10-14)28-13-27-19/h1-5,10,15H,6-9,11-13H2,(H,24,26). The van der Waals surface area contributed by atoms with E-state index in [0.29, 0.717) is 23.1 Å². The van der Waals surface area contributed by atoms with Gasteiger partial charge in [-0.15, -0.1) is 0 Å². The molecule has 7 heteroatoms. The fourth-order valence-electron chi connectivity index (χ4n) is 3.64. The molecule has 0 saturated carbocycles. The van der Waals surface area contributed by atoms with Crippen molar-refractivity contribution in [2.45, 2.75) is 25.9 Å². The quantitative estimate of drug-likeness (QED) is 0.785. The molecule has 148 valence electrons. The van der Waals surface area contributed by atoms with Crippen molar-refractivity contribution in [3.8, 4) is 11.5 Å². The van der Waals surface area contributed by atoms with E-state index in [1.165, 1.54) is 0 Å². The molecule has 1 N–H and O–H groups in total. The van der Waals surface area contributed by atoms with Gasteiger partial charge in [-0.3, -0.25) is 9.69 Å². The highest BCUT2D eigenvalue weighted by Crippen LogP contribution is 2.32. The first-order valence-electron chi connectivity index (χ1n) is 9.41. The molecule has 1 amide bonds. The average Bonchev–Trinajstić information content (AvgIpc) is 3.17. The Morgan fingerprint density at radius 1 is 1.07 bits per heavy atom. The lowest BCUT2D eigenvalue weighted by Crippen LogP contribution is -2.40. The zero-order valence-electron chi connectivity index (χ0n) is 15.4. The minimum atomic E-state index is 0.0342. The monoisotopic (exact) mass is 420 g/mol. The summed E-state index contributed by atoms with van der Waals surface area (Å²) in [5.41, 5.74) is 1.96. The van der Waals surface area contributed by atoms with Crippen LogP contribution in [-0.2, 0) is 17.9 Å². The molecule has 2 heterocycles. The first-order chi connectivity index (χ1) is 13.6. The zero-order valence-corrected chi connectivity index (χ0v) is 16.9. The van der Waals surface area contributed by atoms with Crippen LogP contribution in [0.1, 0.15) is 24.0 Å². The van der Waals surface area contributed by atoms with Crippen molar-refractivity contribution in [3.05, 3.63) is 57.6 Å². The molecule has 1 fully saturated rings. The van der Waals surface area contributed by atoms with Gasteiger partial charge in [0.2, 0.25) is 12.7 Å². The number of hydrogen-bond donors (Lipinski definition) is 1. The van der Waals surface area contributed by atoms with Crippen LogP contribution in [0.2, 0.25) is 10.0 Å². The van der Waals surface area contributed by atoms with E-state index in [2.05, 4.69) is 10.2 Å². The van der Waals surface area contributed by atoms with Crippen LogP contribution < -0.4 is 14.8 Å². The van der Waals surface area contributed by atoms with Gasteiger partial charge in [0, 0.05) is 34.6 Å². The number of likely N-dealkylation sites (tertiary alicyclic amines) is 1. The molecular weight excluding hydrogens is 399 g/mol. The number of carbonyl (C=O) groups excluding carboxylic acids is 1. The molecule has 0 radical (unpaired) electrons. The fourth-order valence-corrected chi connectivity index (χ4v) is 4.16. The highest BCUT2D eigenvalue weighted by Gasteiger charge is 2.25. The van der Waals surface area contributed by atoms with E-state index in [9.17, 15) is 4.79 Å². The number of benzene rings is 2. The lowest BCUT2D eigenvalue weighted by Gasteiger charge is -2.31. The summed E-state index contributed by atoms with van der Waals surface area (Å²) in [4.78, 5) is 14.9. The number of nitrogens with one attached hydrogen (secondary N) is 1. The molecule has 2 aromatic rings. The number of carbonyl (C=O) groups is 1. The molecule has 0 bridgehead atoms. The molecule has 0 aliphatic carbocycles. The van der Waals surface area contributed by atoms with Gasteiger partial charge in [0.25, 0.3) is 0 Å². The normalized spacial score (nSPS) is 16.9. The Morgan fingerprint density at radius 3 is 2.54 bits per heavy atom. The second-order valence-electron chi connectivity index (χ2n) is 7.16. The molecular formula is C21H22Cl2N2O3. The van der Waals surface area contributed by atoms with Gasteiger partial charge in [-0.1, -0.05) is 35.3 Å². The summed E-state index contributed by atoms with van der Waals surface area (Å²) in [5.74, 6) is 1.62. The largest absolute Gasteiger partial charge is 0.454 e. The smallest absolute Gasteiger partial charge is 0.231 e. The van der Waals surface area contributed by atoms with Gasteiger partial charge in [-0.05, 0) is 55.8 Å². The lowest BCUT2D eigenvalue weighted by molar-refractivity contribution is -0.126. The minimum absolute atomic E-state index is 0.0342. The van der Waals surface area contributed by atoms with Crippen molar-refractivity contribution < 1.29 is 14.3 Å². The molecule has 4 rings (SSSR count). The van der Waals surface area contributed by atoms with Crippen LogP contribution >= 0.6 is 23.2 Å². The number of fused-ring (bicyclic) bond motifs is 1. The summed E-state index contributed by atoms with van der Waals surface area (Å²) in [7, 11) is 0. The van der Waals surface area contributed by atoms with E-state index in [0.717, 1.165) is 48.6 Å². The van der Waals surface area contributed by atoms with E-state index < -0.39 is 0 Å². The third-order valence-electron chi connectivity index (χ3n) is 5.31. The van der Waals surface area contributed by atoms with E-state index >= 15 is 0 Å². The van der Waals surface area contributed by atoms with Gasteiger partial charge < -0.3 is 14.8 Å². The van der Waals surface area contributed by atoms with Crippen LogP contribution in [0.25, 0.3) is 0 Å². The van der Waals surface area contributed by atoms with Gasteiger partial charge in [0.15, 0.2) is 11.5 Å². The van der Waals surface area contributed by atoms with Gasteiger partial charge in [-0.2, -0.15) is 0 Å². The van der Waals surface area contributed by atoms with Crippen LogP contribution in [0.3, 0.4) is 0 Å². The van der Waals surface area contributed by atoms with Gasteiger partial charge in [0.1, 0.15) is 0 Å². The molecule has 5 nitrogen and oxygen atoms in total. The number of nitrogens with zero attached hydrogens (tertiary/aromatic N) is 1. The van der Waals surface area contributed by atoms with Crippen molar-refractivity contribution in [1.29, 1.82) is 0 Å². The van der Waals surface area contributed by atoms with Crippen molar-refractivity contribution in [2.24, 2.45) is 5.92 Å². The number of rotatable bonds is 5. The Hall–Kier alpha value is -1.95. The Bertz CT molecular complexity index is 846. The maximum absolute atomic E-state index is 12.6. The van der Waals surface area contributed by atoms with E-state index in [1.807, 2.05) is 36.4 Å². The molecule has 0 aromatic heterocycles. The zero-order chi connectivity index (χ0) is 19.5. The summed E-state index contributed by atoms with van der Waals surface area (Å²) in [6.45, 7) is 3.16. The van der Waals surface area contributed by atoms with Gasteiger partial charge in [0.05, 0.1) is 0 Å². The number of amides is 1. The van der Waals surface area contributed by atoms with Crippen LogP contribution in [0.5, 0.6) is 11.5 Å². The Kier molecular flexibility index (Phi) is 5.95. The fraction of sp³-hybridized carbons (Fsp3) is 0.381. The highest BCUT2D eigenvalue weighted by molar-refractivity contribution is 6.35. The Labute approximate surface area is 174 Å². The summed E-state index contributed by atoms with van der Waals surface area (Å²) in [6.07, 6.45) is 1.66. The lowest BCUT2D eigenvalue weighted by atomic mass is 9.95. The molecule has 0 atom stereocenters. The van der Waals surface area contributed by atoms with Crippen molar-refractivity contribution >= 4 is 29.1 Å². The Morgan fingerprint density at radius 2 is 1.79 bits per heavy atom. The molecule has 2 aliphatic heterocycles. The third-order valence-corrected chi connectivity index (χ3v) is 6.01. The first-order valence-corrected chi connectivity index (χ1v) is 10.2. The van der Waals surface area contributed by atoms with E-state index in [1.54, 1.807) is 0 Å². The predicted molar refractivity (Wildman–Crippen MR) is 109 cm³/mol. The number of ether oxygens (including phenoxy) is 2. The van der Waals surface area contributed by atoms with Gasteiger partial charge in [-0.25, -0.2) is 0 Å². The maximum atomic E-state index is 12.6. The summed E-state index contributed by atoms with van der Waals surface area (Å²) in [5, 5.41) is 4.43. The van der Waals surface area contributed by atoms with Crippen LogP contribution in [0.4, 0.5) is 0 Å². The molecule has 1 saturated heterocycles. The van der Waals surface area contributed by atoms with E-state index in [4.69, 9.17) is 32.7 Å². The number of hydrogen-bond acceptors (Lipinski definition) is 4. The topological polar surface area (TPSA) is 50.8 Å². The first kappa shape index (κ1) is 19.4. The molecule has 0 spiro atoms. The summed E-state index contributed by atoms with van der Waals surface area (Å²) in [6, 6.07) is 11.3. The van der Waals surface area contributed by atoms with Crippen LogP contribution in [0.15, 0.2) is 36.4 Å². The molecule has 2 aliphatic rings. The molecule has 28 heavy (non-hydrogen) atoms. The predicted octanol–water partition coefficient (Wildman–Crippen LogP) is 4.25. The van der Waals surface area contributed by atoms with E-state index in [-0.39, 0.29) is 18.6 Å². The summed E-state index contributed by atoms with van der Waals surface area (Å²) >= 11 is 12.5. The second-order valence-corrected chi connectivity index (χ2v) is 7.97. The third kappa shape index (κ3) is 4.37. The average molecular weight is 421 g/mol. The maximum Gasteiger partial charge on any atom is 0.231 e. The van der Waals surface area contributed by atoms with Crippen molar-refractivity contribution in [2.75, 3.05) is 19.9 Å². The van der Waals surface area contributed by atoms with Crippen molar-refractivity contribution in [1.82, 2.24) is 10.2 Å². The van der Waals surface area contributed by atoms with Gasteiger partial charge >= 0.3 is 0 Å². The highest BCUT2D eigenvalue weighted by atomic mass is 35.5. The number of halogens is 2. The second kappa shape index (κ2) is 8.60. The van der Waals surface area contributed by atoms with Crippen molar-refractivity contribution in [3.63, 3.8) is 0 Å². The SMILES string of the molecule is O=C(NCc1ccc2c(c1)OCO2)C1CCN(Cc2c(Cl)cccc2Cl)CC1. The molecule has 0 unspecified atom stereocenters. The summed E-state index contributed by atoms with van der Waals surface area (Å²) < 4.78 is 10.7. The van der Waals surface area contributed by atoms with Crippen LogP contribution in [0, 0.1) is 5.92 Å².